The first-order valence-corrected chi connectivity index (χ1v) is 9.70. The molecular weight excluding hydrogens is 388 g/mol. The summed E-state index contributed by atoms with van der Waals surface area (Å²) in [7, 11) is 1.57. The molecule has 0 aliphatic carbocycles. The van der Waals surface area contributed by atoms with E-state index in [2.05, 4.69) is 15.6 Å². The minimum Gasteiger partial charge on any atom is -0.383 e. The first-order valence-electron chi connectivity index (χ1n) is 8.44. The molecule has 2 rings (SSSR count). The van der Waals surface area contributed by atoms with E-state index in [4.69, 9.17) is 16.3 Å². The summed E-state index contributed by atoms with van der Waals surface area (Å²) < 4.78 is 5.09. The second-order valence-electron chi connectivity index (χ2n) is 6.11. The van der Waals surface area contributed by atoms with Crippen LogP contribution in [0, 0.1) is 0 Å². The second kappa shape index (κ2) is 10.2. The van der Waals surface area contributed by atoms with Crippen molar-refractivity contribution < 1.29 is 14.3 Å². The van der Waals surface area contributed by atoms with Gasteiger partial charge in [-0.15, -0.1) is 11.3 Å². The van der Waals surface area contributed by atoms with Crippen molar-refractivity contribution in [1.82, 2.24) is 15.2 Å². The highest BCUT2D eigenvalue weighted by Gasteiger charge is 2.18. The summed E-state index contributed by atoms with van der Waals surface area (Å²) in [4.78, 5) is 30.6. The van der Waals surface area contributed by atoms with Crippen LogP contribution in [0.2, 0.25) is 5.02 Å². The zero-order valence-electron chi connectivity index (χ0n) is 15.5. The van der Waals surface area contributed by atoms with Crippen molar-refractivity contribution in [3.05, 3.63) is 45.4 Å². The number of methoxy groups -OCH3 is 1. The van der Waals surface area contributed by atoms with E-state index in [-0.39, 0.29) is 24.5 Å². The third-order valence-electron chi connectivity index (χ3n) is 3.46. The van der Waals surface area contributed by atoms with Crippen LogP contribution < -0.4 is 10.6 Å². The number of nitrogens with one attached hydrogen (secondary N) is 2. The Kier molecular flexibility index (Phi) is 8.02. The fourth-order valence-corrected chi connectivity index (χ4v) is 3.19. The van der Waals surface area contributed by atoms with Crippen LogP contribution in [0.5, 0.6) is 0 Å². The first kappa shape index (κ1) is 21.1. The number of amides is 3. The largest absolute Gasteiger partial charge is 0.383 e. The second-order valence-corrected chi connectivity index (χ2v) is 7.49. The molecule has 0 spiro atoms. The number of aromatic nitrogens is 1. The van der Waals surface area contributed by atoms with Gasteiger partial charge in [-0.1, -0.05) is 17.7 Å². The maximum Gasteiger partial charge on any atom is 0.322 e. The van der Waals surface area contributed by atoms with Gasteiger partial charge in [0.05, 0.1) is 13.2 Å². The molecule has 0 aliphatic rings. The molecule has 0 aliphatic heterocycles. The molecule has 1 heterocycles. The van der Waals surface area contributed by atoms with Gasteiger partial charge >= 0.3 is 6.03 Å². The predicted octanol–water partition coefficient (Wildman–Crippen LogP) is 3.62. The number of ether oxygens (including phenoxy) is 1. The van der Waals surface area contributed by atoms with Gasteiger partial charge in [-0.25, -0.2) is 9.78 Å². The van der Waals surface area contributed by atoms with Crippen LogP contribution in [0.25, 0.3) is 0 Å². The third kappa shape index (κ3) is 6.82. The molecule has 0 atom stereocenters. The van der Waals surface area contributed by atoms with E-state index >= 15 is 0 Å². The number of hydrogen-bond donors (Lipinski definition) is 2. The van der Waals surface area contributed by atoms with Crippen LogP contribution in [0.4, 0.5) is 10.5 Å². The lowest BCUT2D eigenvalue weighted by Crippen LogP contribution is -2.37. The number of nitrogens with zero attached hydrogens (tertiary/aromatic N) is 2. The summed E-state index contributed by atoms with van der Waals surface area (Å²) in [6.07, 6.45) is 0. The number of urea groups is 1. The van der Waals surface area contributed by atoms with Crippen molar-refractivity contribution in [2.45, 2.75) is 26.4 Å². The van der Waals surface area contributed by atoms with Gasteiger partial charge in [0.15, 0.2) is 0 Å². The summed E-state index contributed by atoms with van der Waals surface area (Å²) in [5, 5.41) is 8.51. The van der Waals surface area contributed by atoms with E-state index in [0.717, 1.165) is 0 Å². The number of rotatable bonds is 8. The van der Waals surface area contributed by atoms with E-state index in [0.29, 0.717) is 34.6 Å². The maximum absolute atomic E-state index is 12.6. The third-order valence-corrected chi connectivity index (χ3v) is 4.53. The molecule has 146 valence electrons. The summed E-state index contributed by atoms with van der Waals surface area (Å²) in [6.45, 7) is 4.82. The molecule has 3 amide bonds. The van der Waals surface area contributed by atoms with Crippen LogP contribution in [0.1, 0.15) is 29.3 Å². The number of halogens is 1. The Hall–Kier alpha value is -2.16. The molecule has 1 aromatic heterocycles. The quantitative estimate of drug-likeness (QED) is 0.696. The van der Waals surface area contributed by atoms with Crippen molar-refractivity contribution in [2.75, 3.05) is 25.6 Å². The van der Waals surface area contributed by atoms with Gasteiger partial charge in [0.1, 0.15) is 10.7 Å². The maximum atomic E-state index is 12.6. The fourth-order valence-electron chi connectivity index (χ4n) is 2.21. The lowest BCUT2D eigenvalue weighted by molar-refractivity contribution is 0.0938. The Morgan fingerprint density at radius 1 is 1.37 bits per heavy atom. The molecule has 0 fully saturated rings. The topological polar surface area (TPSA) is 83.6 Å². The molecule has 0 saturated heterocycles. The van der Waals surface area contributed by atoms with Crippen LogP contribution in [0.15, 0.2) is 29.6 Å². The molecule has 0 bridgehead atoms. The highest BCUT2D eigenvalue weighted by molar-refractivity contribution is 7.09. The molecule has 7 nitrogen and oxygen atoms in total. The van der Waals surface area contributed by atoms with E-state index in [1.165, 1.54) is 11.3 Å². The molecule has 0 radical (unpaired) electrons. The zero-order valence-corrected chi connectivity index (χ0v) is 17.1. The minimum atomic E-state index is -0.294. The van der Waals surface area contributed by atoms with Crippen molar-refractivity contribution in [1.29, 1.82) is 0 Å². The zero-order chi connectivity index (χ0) is 19.8. The lowest BCUT2D eigenvalue weighted by Gasteiger charge is -2.21. The van der Waals surface area contributed by atoms with Crippen LogP contribution in [-0.4, -0.2) is 48.1 Å². The fraction of sp³-hybridized carbons (Fsp3) is 0.389. The average Bonchev–Trinajstić information content (AvgIpc) is 3.06. The molecule has 2 N–H and O–H groups in total. The number of benzene rings is 1. The van der Waals surface area contributed by atoms with Crippen LogP contribution in [-0.2, 0) is 11.3 Å². The normalized spacial score (nSPS) is 10.7. The Balaban J connectivity index is 2.06. The number of carbonyl (C=O) groups is 2. The molecule has 0 saturated carbocycles. The SMILES string of the molecule is COCCN(Cc1nc(C(=O)NC(C)C)cs1)C(=O)Nc1cccc(Cl)c1. The van der Waals surface area contributed by atoms with E-state index in [9.17, 15) is 9.59 Å². The Morgan fingerprint density at radius 3 is 2.81 bits per heavy atom. The van der Waals surface area contributed by atoms with Gasteiger partial charge in [0, 0.05) is 35.8 Å². The Labute approximate surface area is 167 Å². The summed E-state index contributed by atoms with van der Waals surface area (Å²) in [5.41, 5.74) is 0.955. The molecular formula is C18H23ClN4O3S. The monoisotopic (exact) mass is 410 g/mol. The summed E-state index contributed by atoms with van der Waals surface area (Å²) in [6, 6.07) is 6.67. The number of thiazole rings is 1. The Morgan fingerprint density at radius 2 is 2.15 bits per heavy atom. The van der Waals surface area contributed by atoms with E-state index in [1.807, 2.05) is 13.8 Å². The molecule has 9 heteroatoms. The van der Waals surface area contributed by atoms with Crippen molar-refractivity contribution in [2.24, 2.45) is 0 Å². The Bertz CT molecular complexity index is 781. The smallest absolute Gasteiger partial charge is 0.322 e. The van der Waals surface area contributed by atoms with Gasteiger partial charge in [-0.05, 0) is 32.0 Å². The summed E-state index contributed by atoms with van der Waals surface area (Å²) >= 11 is 7.30. The van der Waals surface area contributed by atoms with Crippen molar-refractivity contribution in [3.8, 4) is 0 Å². The molecule has 27 heavy (non-hydrogen) atoms. The standard InChI is InChI=1S/C18H23ClN4O3S/c1-12(2)20-17(24)15-11-27-16(22-15)10-23(7-8-26-3)18(25)21-14-6-4-5-13(19)9-14/h4-6,9,11-12H,7-8,10H2,1-3H3,(H,20,24)(H,21,25). The number of hydrogen-bond acceptors (Lipinski definition) is 5. The van der Waals surface area contributed by atoms with Gasteiger partial charge < -0.3 is 20.3 Å². The van der Waals surface area contributed by atoms with Gasteiger partial charge in [0.2, 0.25) is 0 Å². The van der Waals surface area contributed by atoms with Crippen molar-refractivity contribution >= 4 is 40.6 Å². The van der Waals surface area contributed by atoms with Gasteiger partial charge in [-0.3, -0.25) is 4.79 Å². The highest BCUT2D eigenvalue weighted by atomic mass is 35.5. The van der Waals surface area contributed by atoms with Gasteiger partial charge in [0.25, 0.3) is 5.91 Å². The van der Waals surface area contributed by atoms with E-state index < -0.39 is 0 Å². The van der Waals surface area contributed by atoms with Crippen LogP contribution >= 0.6 is 22.9 Å². The first-order chi connectivity index (χ1) is 12.9. The highest BCUT2D eigenvalue weighted by Crippen LogP contribution is 2.17. The average molecular weight is 411 g/mol. The molecule has 0 unspecified atom stereocenters. The lowest BCUT2D eigenvalue weighted by atomic mass is 10.3. The predicted molar refractivity (Wildman–Crippen MR) is 107 cm³/mol. The molecule has 1 aromatic carbocycles. The number of carbonyl (C=O) groups excluding carboxylic acids is 2. The molecule has 2 aromatic rings. The van der Waals surface area contributed by atoms with Crippen LogP contribution in [0.3, 0.4) is 0 Å². The minimum absolute atomic E-state index is 0.0318. The summed E-state index contributed by atoms with van der Waals surface area (Å²) in [5.74, 6) is -0.223. The van der Waals surface area contributed by atoms with E-state index in [1.54, 1.807) is 41.7 Å². The number of anilines is 1. The van der Waals surface area contributed by atoms with Gasteiger partial charge in [-0.2, -0.15) is 0 Å². The van der Waals surface area contributed by atoms with Crippen molar-refractivity contribution in [3.63, 3.8) is 0 Å².